The van der Waals surface area contributed by atoms with Crippen LogP contribution in [0.25, 0.3) is 0 Å². The average Bonchev–Trinajstić information content (AvgIpc) is 2.00. The van der Waals surface area contributed by atoms with Gasteiger partial charge in [0.2, 0.25) is 10.0 Å². The van der Waals surface area contributed by atoms with Crippen molar-refractivity contribution in [3.8, 4) is 0 Å². The summed E-state index contributed by atoms with van der Waals surface area (Å²) in [5, 5.41) is 5.46. The lowest BCUT2D eigenvalue weighted by Gasteiger charge is -1.99. The average molecular weight is 220 g/mol. The largest absolute Gasteiger partial charge is 0.229 e. The van der Waals surface area contributed by atoms with Crippen LogP contribution >= 0.6 is 11.6 Å². The molecule has 3 nitrogen and oxygen atoms in total. The van der Waals surface area contributed by atoms with Crippen molar-refractivity contribution in [3.63, 3.8) is 0 Å². The molecule has 0 aliphatic rings. The Kier molecular flexibility index (Phi) is 3.30. The lowest BCUT2D eigenvalue weighted by Crippen LogP contribution is -2.17. The molecule has 72 valence electrons. The molecule has 0 spiro atoms. The maximum atomic E-state index is 10.6. The Morgan fingerprint density at radius 3 is 2.62 bits per heavy atom. The minimum absolute atomic E-state index is 0.0483. The topological polar surface area (TPSA) is 60.2 Å². The van der Waals surface area contributed by atoms with Gasteiger partial charge < -0.3 is 0 Å². The second-order valence-corrected chi connectivity index (χ2v) is 4.92. The molecule has 0 atom stereocenters. The highest BCUT2D eigenvalue weighted by atomic mass is 35.5. The van der Waals surface area contributed by atoms with Crippen LogP contribution in [-0.2, 0) is 16.4 Å². The van der Waals surface area contributed by atoms with Gasteiger partial charge in [-0.3, -0.25) is 0 Å². The molecule has 0 aliphatic heterocycles. The number of hydrogen-bond donors (Lipinski definition) is 1. The fourth-order valence-corrected chi connectivity index (χ4v) is 1.69. The van der Waals surface area contributed by atoms with Gasteiger partial charge in [-0.25, -0.2) is 13.6 Å². The minimum atomic E-state index is -3.38. The number of sulfonamides is 1. The first kappa shape index (κ1) is 10.5. The minimum Gasteiger partial charge on any atom is -0.229 e. The molecule has 0 saturated heterocycles. The van der Waals surface area contributed by atoms with Gasteiger partial charge in [0.1, 0.15) is 0 Å². The molecule has 0 fully saturated rings. The SMILES string of the molecule is NS(=O)(=O)CCc1cccc(Cl)c1. The highest BCUT2D eigenvalue weighted by Crippen LogP contribution is 2.11. The summed E-state index contributed by atoms with van der Waals surface area (Å²) in [5.74, 6) is -0.0483. The normalized spacial score (nSPS) is 11.5. The Morgan fingerprint density at radius 1 is 1.38 bits per heavy atom. The molecule has 0 aliphatic carbocycles. The van der Waals surface area contributed by atoms with Crippen molar-refractivity contribution in [3.05, 3.63) is 34.9 Å². The van der Waals surface area contributed by atoms with Crippen molar-refractivity contribution >= 4 is 21.6 Å². The fraction of sp³-hybridized carbons (Fsp3) is 0.250. The van der Waals surface area contributed by atoms with Crippen LogP contribution in [0.15, 0.2) is 24.3 Å². The Hall–Kier alpha value is -0.580. The summed E-state index contributed by atoms with van der Waals surface area (Å²) in [5.41, 5.74) is 0.876. The van der Waals surface area contributed by atoms with Crippen molar-refractivity contribution < 1.29 is 8.42 Å². The van der Waals surface area contributed by atoms with Gasteiger partial charge in [0.15, 0.2) is 0 Å². The number of aryl methyl sites for hydroxylation is 1. The van der Waals surface area contributed by atoms with Crippen molar-refractivity contribution in [2.24, 2.45) is 5.14 Å². The van der Waals surface area contributed by atoms with E-state index in [-0.39, 0.29) is 5.75 Å². The fourth-order valence-electron chi connectivity index (χ4n) is 0.953. The zero-order chi connectivity index (χ0) is 9.90. The number of hydrogen-bond acceptors (Lipinski definition) is 2. The van der Waals surface area contributed by atoms with Crippen LogP contribution in [0.1, 0.15) is 5.56 Å². The zero-order valence-corrected chi connectivity index (χ0v) is 8.48. The van der Waals surface area contributed by atoms with Crippen molar-refractivity contribution in [1.29, 1.82) is 0 Å². The summed E-state index contributed by atoms with van der Waals surface area (Å²) >= 11 is 5.71. The third-order valence-corrected chi connectivity index (χ3v) is 2.57. The van der Waals surface area contributed by atoms with E-state index < -0.39 is 10.0 Å². The highest BCUT2D eigenvalue weighted by molar-refractivity contribution is 7.89. The van der Waals surface area contributed by atoms with Crippen LogP contribution in [0.4, 0.5) is 0 Å². The number of nitrogens with two attached hydrogens (primary N) is 1. The predicted octanol–water partition coefficient (Wildman–Crippen LogP) is 1.17. The molecule has 0 aromatic heterocycles. The maximum Gasteiger partial charge on any atom is 0.209 e. The summed E-state index contributed by atoms with van der Waals surface area (Å²) in [4.78, 5) is 0. The molecular weight excluding hydrogens is 210 g/mol. The molecule has 1 aromatic carbocycles. The van der Waals surface area contributed by atoms with E-state index in [0.717, 1.165) is 5.56 Å². The van der Waals surface area contributed by atoms with E-state index in [1.165, 1.54) is 0 Å². The summed E-state index contributed by atoms with van der Waals surface area (Å²) in [7, 11) is -3.38. The first-order valence-electron chi connectivity index (χ1n) is 3.72. The first-order valence-corrected chi connectivity index (χ1v) is 5.81. The third kappa shape index (κ3) is 4.26. The van der Waals surface area contributed by atoms with E-state index in [9.17, 15) is 8.42 Å². The molecule has 1 aromatic rings. The molecule has 0 radical (unpaired) electrons. The van der Waals surface area contributed by atoms with E-state index in [1.54, 1.807) is 18.2 Å². The lowest BCUT2D eigenvalue weighted by molar-refractivity contribution is 0.597. The van der Waals surface area contributed by atoms with Crippen LogP contribution in [0, 0.1) is 0 Å². The molecule has 0 bridgehead atoms. The van der Waals surface area contributed by atoms with Crippen molar-refractivity contribution in [1.82, 2.24) is 0 Å². The highest BCUT2D eigenvalue weighted by Gasteiger charge is 2.03. The first-order chi connectivity index (χ1) is 5.97. The van der Waals surface area contributed by atoms with Gasteiger partial charge in [-0.2, -0.15) is 0 Å². The maximum absolute atomic E-state index is 10.6. The Morgan fingerprint density at radius 2 is 2.08 bits per heavy atom. The quantitative estimate of drug-likeness (QED) is 0.830. The number of rotatable bonds is 3. The molecule has 0 amide bonds. The van der Waals surface area contributed by atoms with Gasteiger partial charge in [0, 0.05) is 5.02 Å². The van der Waals surface area contributed by atoms with E-state index in [4.69, 9.17) is 16.7 Å². The monoisotopic (exact) mass is 219 g/mol. The van der Waals surface area contributed by atoms with Gasteiger partial charge in [-0.05, 0) is 24.1 Å². The van der Waals surface area contributed by atoms with Crippen molar-refractivity contribution in [2.45, 2.75) is 6.42 Å². The molecule has 2 N–H and O–H groups in total. The van der Waals surface area contributed by atoms with Gasteiger partial charge in [0.25, 0.3) is 0 Å². The third-order valence-electron chi connectivity index (χ3n) is 1.56. The number of primary sulfonamides is 1. The Labute approximate surface area is 82.6 Å². The van der Waals surface area contributed by atoms with Crippen LogP contribution in [0.2, 0.25) is 5.02 Å². The van der Waals surface area contributed by atoms with Crippen LogP contribution in [0.3, 0.4) is 0 Å². The molecule has 5 heteroatoms. The summed E-state index contributed by atoms with van der Waals surface area (Å²) in [6.45, 7) is 0. The standard InChI is InChI=1S/C8H10ClNO2S/c9-8-3-1-2-7(6-8)4-5-13(10,11)12/h1-3,6H,4-5H2,(H2,10,11,12). The molecule has 0 unspecified atom stereocenters. The van der Waals surface area contributed by atoms with E-state index in [2.05, 4.69) is 0 Å². The summed E-state index contributed by atoms with van der Waals surface area (Å²) < 4.78 is 21.3. The van der Waals surface area contributed by atoms with Gasteiger partial charge in [-0.1, -0.05) is 23.7 Å². The molecular formula is C8H10ClNO2S. The summed E-state index contributed by atoms with van der Waals surface area (Å²) in [6.07, 6.45) is 0.402. The number of benzene rings is 1. The van der Waals surface area contributed by atoms with Crippen LogP contribution < -0.4 is 5.14 Å². The number of halogens is 1. The molecule has 0 heterocycles. The smallest absolute Gasteiger partial charge is 0.209 e. The molecule has 13 heavy (non-hydrogen) atoms. The van der Waals surface area contributed by atoms with E-state index >= 15 is 0 Å². The predicted molar refractivity (Wildman–Crippen MR) is 53.1 cm³/mol. The summed E-state index contributed by atoms with van der Waals surface area (Å²) in [6, 6.07) is 7.06. The second kappa shape index (κ2) is 4.09. The lowest BCUT2D eigenvalue weighted by atomic mass is 10.2. The Bertz CT molecular complexity index is 389. The van der Waals surface area contributed by atoms with E-state index in [1.807, 2.05) is 6.07 Å². The van der Waals surface area contributed by atoms with Gasteiger partial charge in [0.05, 0.1) is 5.75 Å². The molecule has 1 rings (SSSR count). The van der Waals surface area contributed by atoms with Gasteiger partial charge >= 0.3 is 0 Å². The van der Waals surface area contributed by atoms with Crippen molar-refractivity contribution in [2.75, 3.05) is 5.75 Å². The molecule has 0 saturated carbocycles. The van der Waals surface area contributed by atoms with Gasteiger partial charge in [-0.15, -0.1) is 0 Å². The van der Waals surface area contributed by atoms with E-state index in [0.29, 0.717) is 11.4 Å². The van der Waals surface area contributed by atoms with Crippen LogP contribution in [-0.4, -0.2) is 14.2 Å². The zero-order valence-electron chi connectivity index (χ0n) is 6.90. The van der Waals surface area contributed by atoms with Crippen LogP contribution in [0.5, 0.6) is 0 Å². The Balaban J connectivity index is 2.65. The second-order valence-electron chi connectivity index (χ2n) is 2.75.